The highest BCUT2D eigenvalue weighted by Gasteiger charge is 2.37. The van der Waals surface area contributed by atoms with Crippen LogP contribution in [-0.2, 0) is 11.8 Å². The molecule has 0 spiro atoms. The summed E-state index contributed by atoms with van der Waals surface area (Å²) in [4.78, 5) is 25.2. The van der Waals surface area contributed by atoms with Crippen LogP contribution in [0.4, 0.5) is 0 Å². The van der Waals surface area contributed by atoms with Gasteiger partial charge in [0.1, 0.15) is 16.7 Å². The molecule has 0 bridgehead atoms. The Balaban J connectivity index is 1.90. The molecule has 2 aromatic heterocycles. The van der Waals surface area contributed by atoms with Crippen LogP contribution >= 0.6 is 0 Å². The number of phenolic OH excluding ortho intramolecular Hbond substituents is 2. The van der Waals surface area contributed by atoms with Crippen LogP contribution in [0.1, 0.15) is 23.6 Å². The van der Waals surface area contributed by atoms with E-state index in [9.17, 15) is 19.8 Å². The van der Waals surface area contributed by atoms with Crippen molar-refractivity contribution in [3.8, 4) is 28.6 Å². The molecule has 0 saturated carbocycles. The fraction of sp³-hybridized carbons (Fsp3) is 0.136. The zero-order chi connectivity index (χ0) is 21.0. The molecule has 2 N–H and O–H groups in total. The zero-order valence-electron chi connectivity index (χ0n) is 15.8. The molecule has 1 unspecified atom stereocenters. The van der Waals surface area contributed by atoms with Gasteiger partial charge in [-0.15, -0.1) is 0 Å². The second kappa shape index (κ2) is 6.48. The number of aromatic nitrogens is 2. The Bertz CT molecular complexity index is 1370. The first-order valence-corrected chi connectivity index (χ1v) is 9.25. The predicted octanol–water partition coefficient (Wildman–Crippen LogP) is 3.05. The minimum atomic E-state index is -0.685. The van der Waals surface area contributed by atoms with Crippen LogP contribution in [0, 0.1) is 0 Å². The summed E-state index contributed by atoms with van der Waals surface area (Å²) in [5.41, 5.74) is 1.20. The Kier molecular flexibility index (Phi) is 3.89. The summed E-state index contributed by atoms with van der Waals surface area (Å²) in [6.07, 6.45) is 1.55. The Hall–Kier alpha value is -4.07. The lowest BCUT2D eigenvalue weighted by Gasteiger charge is -2.26. The Morgan fingerprint density at radius 1 is 1.10 bits per heavy atom. The van der Waals surface area contributed by atoms with Gasteiger partial charge in [0, 0.05) is 36.5 Å². The van der Waals surface area contributed by atoms with Crippen molar-refractivity contribution < 1.29 is 24.2 Å². The summed E-state index contributed by atoms with van der Waals surface area (Å²) in [6.45, 7) is 0. The third kappa shape index (κ3) is 2.57. The lowest BCUT2D eigenvalue weighted by Crippen LogP contribution is -2.23. The van der Waals surface area contributed by atoms with Crippen LogP contribution in [0.5, 0.6) is 17.2 Å². The number of carbonyl (C=O) groups is 1. The fourth-order valence-electron chi connectivity index (χ4n) is 3.93. The normalized spacial score (nSPS) is 15.8. The van der Waals surface area contributed by atoms with E-state index in [0.29, 0.717) is 22.6 Å². The molecule has 8 heteroatoms. The molecule has 0 radical (unpaired) electrons. The Labute approximate surface area is 169 Å². The number of hydrogen-bond acceptors (Lipinski definition) is 7. The van der Waals surface area contributed by atoms with E-state index in [-0.39, 0.29) is 23.1 Å². The van der Waals surface area contributed by atoms with Crippen LogP contribution in [0.2, 0.25) is 0 Å². The first-order valence-electron chi connectivity index (χ1n) is 9.25. The molecule has 0 aliphatic carbocycles. The van der Waals surface area contributed by atoms with Crippen LogP contribution in [0.3, 0.4) is 0 Å². The van der Waals surface area contributed by atoms with E-state index in [4.69, 9.17) is 9.15 Å². The van der Waals surface area contributed by atoms with E-state index >= 15 is 0 Å². The number of aromatic hydroxyl groups is 2. The minimum Gasteiger partial charge on any atom is -0.504 e. The van der Waals surface area contributed by atoms with Crippen molar-refractivity contribution in [2.75, 3.05) is 0 Å². The number of hydrogen-bond donors (Lipinski definition) is 2. The number of phenols is 2. The van der Waals surface area contributed by atoms with Crippen molar-refractivity contribution in [3.63, 3.8) is 0 Å². The first kappa shape index (κ1) is 18.0. The third-order valence-corrected chi connectivity index (χ3v) is 5.32. The van der Waals surface area contributed by atoms with Gasteiger partial charge >= 0.3 is 5.97 Å². The van der Waals surface area contributed by atoms with E-state index in [1.165, 1.54) is 6.07 Å². The number of benzene rings is 2. The maximum atomic E-state index is 12.9. The molecule has 30 heavy (non-hydrogen) atoms. The van der Waals surface area contributed by atoms with Gasteiger partial charge < -0.3 is 19.4 Å². The number of rotatable bonds is 2. The summed E-state index contributed by atoms with van der Waals surface area (Å²) < 4.78 is 12.9. The van der Waals surface area contributed by atoms with E-state index in [1.807, 2.05) is 18.2 Å². The monoisotopic (exact) mass is 404 g/mol. The Morgan fingerprint density at radius 2 is 1.87 bits per heavy atom. The number of carbonyl (C=O) groups excluding carboxylic acids is 1. The van der Waals surface area contributed by atoms with Crippen molar-refractivity contribution in [2.45, 2.75) is 12.3 Å². The highest BCUT2D eigenvalue weighted by molar-refractivity contribution is 5.96. The smallest absolute Gasteiger partial charge is 0.312 e. The number of nitrogens with zero attached hydrogens (tertiary/aromatic N) is 2. The molecule has 0 fully saturated rings. The maximum absolute atomic E-state index is 12.9. The number of fused-ring (bicyclic) bond motifs is 3. The molecule has 1 aliphatic heterocycles. The second-order valence-corrected chi connectivity index (χ2v) is 7.10. The summed E-state index contributed by atoms with van der Waals surface area (Å²) in [5, 5.41) is 25.0. The fourth-order valence-corrected chi connectivity index (χ4v) is 3.93. The standard InChI is InChI=1S/C22H16N2O6/c1-24-13(7-8-23-24)12-9-16(26)30-22-17(12)21-18(19(27)20(22)28)14(25)10-15(29-21)11-5-3-2-4-6-11/h2-8,10,12,27-28H,9H2,1H3. The van der Waals surface area contributed by atoms with Crippen molar-refractivity contribution in [1.29, 1.82) is 0 Å². The summed E-state index contributed by atoms with van der Waals surface area (Å²) in [5.74, 6) is -2.44. The van der Waals surface area contributed by atoms with Crippen molar-refractivity contribution >= 4 is 16.9 Å². The van der Waals surface area contributed by atoms with Crippen molar-refractivity contribution in [2.24, 2.45) is 7.05 Å². The summed E-state index contributed by atoms with van der Waals surface area (Å²) in [6, 6.07) is 12.0. The molecule has 5 rings (SSSR count). The van der Waals surface area contributed by atoms with Gasteiger partial charge in [0.05, 0.1) is 12.0 Å². The van der Waals surface area contributed by atoms with Gasteiger partial charge in [-0.3, -0.25) is 14.3 Å². The highest BCUT2D eigenvalue weighted by atomic mass is 16.5. The first-order chi connectivity index (χ1) is 14.5. The van der Waals surface area contributed by atoms with Crippen LogP contribution in [0.25, 0.3) is 22.3 Å². The van der Waals surface area contributed by atoms with Crippen LogP contribution in [0.15, 0.2) is 57.9 Å². The minimum absolute atomic E-state index is 0.0366. The molecule has 3 heterocycles. The number of aryl methyl sites for hydroxylation is 1. The van der Waals surface area contributed by atoms with Gasteiger partial charge in [-0.25, -0.2) is 0 Å². The largest absolute Gasteiger partial charge is 0.504 e. The molecule has 150 valence electrons. The molecule has 4 aromatic rings. The molecule has 0 amide bonds. The lowest BCUT2D eigenvalue weighted by atomic mass is 9.87. The Morgan fingerprint density at radius 3 is 2.57 bits per heavy atom. The van der Waals surface area contributed by atoms with Crippen molar-refractivity contribution in [1.82, 2.24) is 9.78 Å². The zero-order valence-corrected chi connectivity index (χ0v) is 15.8. The summed E-state index contributed by atoms with van der Waals surface area (Å²) >= 11 is 0. The molecule has 2 aromatic carbocycles. The molecular formula is C22H16N2O6. The molecule has 0 saturated heterocycles. The summed E-state index contributed by atoms with van der Waals surface area (Å²) in [7, 11) is 1.73. The quantitative estimate of drug-likeness (QED) is 0.300. The molecule has 1 atom stereocenters. The van der Waals surface area contributed by atoms with Gasteiger partial charge in [-0.2, -0.15) is 5.10 Å². The topological polar surface area (TPSA) is 115 Å². The average Bonchev–Trinajstić information content (AvgIpc) is 3.17. The second-order valence-electron chi connectivity index (χ2n) is 7.10. The van der Waals surface area contributed by atoms with E-state index in [0.717, 1.165) is 0 Å². The lowest BCUT2D eigenvalue weighted by molar-refractivity contribution is -0.135. The van der Waals surface area contributed by atoms with E-state index in [1.54, 1.807) is 36.1 Å². The van der Waals surface area contributed by atoms with E-state index in [2.05, 4.69) is 5.10 Å². The van der Waals surface area contributed by atoms with Crippen molar-refractivity contribution in [3.05, 3.63) is 70.1 Å². The van der Waals surface area contributed by atoms with Gasteiger partial charge in [0.25, 0.3) is 0 Å². The van der Waals surface area contributed by atoms with Gasteiger partial charge in [-0.1, -0.05) is 30.3 Å². The van der Waals surface area contributed by atoms with Crippen LogP contribution in [-0.4, -0.2) is 26.0 Å². The average molecular weight is 404 g/mol. The van der Waals surface area contributed by atoms with Gasteiger partial charge in [0.15, 0.2) is 16.9 Å². The number of ether oxygens (including phenoxy) is 1. The van der Waals surface area contributed by atoms with Gasteiger partial charge in [0.2, 0.25) is 5.75 Å². The molecule has 1 aliphatic rings. The SMILES string of the molecule is Cn1nccc1C1CC(=O)Oc2c(O)c(O)c3c(=O)cc(-c4ccccc4)oc3c21. The maximum Gasteiger partial charge on any atom is 0.312 e. The third-order valence-electron chi connectivity index (χ3n) is 5.32. The molecule has 8 nitrogen and oxygen atoms in total. The highest BCUT2D eigenvalue weighted by Crippen LogP contribution is 2.51. The molecular weight excluding hydrogens is 388 g/mol. The van der Waals surface area contributed by atoms with Crippen LogP contribution < -0.4 is 10.2 Å². The van der Waals surface area contributed by atoms with Gasteiger partial charge in [-0.05, 0) is 6.07 Å². The van der Waals surface area contributed by atoms with E-state index < -0.39 is 28.8 Å². The predicted molar refractivity (Wildman–Crippen MR) is 107 cm³/mol. The number of esters is 1.